The molecule has 0 radical (unpaired) electrons. The molecular weight excluding hydrogens is 460 g/mol. The Labute approximate surface area is 210 Å². The fourth-order valence-corrected chi connectivity index (χ4v) is 5.13. The average molecular weight is 493 g/mol. The van der Waals surface area contributed by atoms with Crippen LogP contribution in [0.4, 0.5) is 16.2 Å². The molecule has 0 spiro atoms. The van der Waals surface area contributed by atoms with Crippen molar-refractivity contribution in [3.05, 3.63) is 48.0 Å². The highest BCUT2D eigenvalue weighted by molar-refractivity contribution is 6.02. The third-order valence-electron chi connectivity index (χ3n) is 7.28. The number of nitrogens with zero attached hydrogens (tertiary/aromatic N) is 2. The minimum absolute atomic E-state index is 0.0375. The van der Waals surface area contributed by atoms with Crippen LogP contribution in [0.3, 0.4) is 0 Å². The number of benzene rings is 2. The number of hydrogen-bond donors (Lipinski definition) is 2. The number of methoxy groups -OCH3 is 1. The maximum atomic E-state index is 13.1. The van der Waals surface area contributed by atoms with Gasteiger partial charge in [-0.05, 0) is 56.5 Å². The van der Waals surface area contributed by atoms with Gasteiger partial charge in [-0.25, -0.2) is 4.79 Å². The molecule has 2 atom stereocenters. The van der Waals surface area contributed by atoms with Crippen LogP contribution in [0.1, 0.15) is 36.5 Å². The summed E-state index contributed by atoms with van der Waals surface area (Å²) in [6, 6.07) is 13.1. The molecule has 2 aromatic carbocycles. The van der Waals surface area contributed by atoms with E-state index in [0.29, 0.717) is 42.9 Å². The van der Waals surface area contributed by atoms with Gasteiger partial charge in [0, 0.05) is 55.5 Å². The molecule has 0 saturated carbocycles. The predicted molar refractivity (Wildman–Crippen MR) is 136 cm³/mol. The van der Waals surface area contributed by atoms with Crippen LogP contribution in [0.2, 0.25) is 0 Å². The number of hydrogen-bond acceptors (Lipinski definition) is 6. The number of fused-ring (bicyclic) bond motifs is 1. The van der Waals surface area contributed by atoms with Gasteiger partial charge in [-0.3, -0.25) is 9.59 Å². The van der Waals surface area contributed by atoms with Crippen LogP contribution < -0.4 is 25.0 Å². The van der Waals surface area contributed by atoms with Gasteiger partial charge in [0.1, 0.15) is 11.5 Å². The number of carbonyl (C=O) groups is 3. The highest BCUT2D eigenvalue weighted by Crippen LogP contribution is 2.32. The number of ether oxygens (including phenoxy) is 2. The number of carbonyl (C=O) groups excluding carboxylic acids is 3. The first-order chi connectivity index (χ1) is 17.4. The molecule has 0 bridgehead atoms. The van der Waals surface area contributed by atoms with Crippen molar-refractivity contribution in [2.75, 3.05) is 43.5 Å². The Morgan fingerprint density at radius 2 is 1.89 bits per heavy atom. The molecule has 2 aromatic rings. The Hall–Kier alpha value is -3.75. The SMILES string of the molecule is COc1cccc(N2CCC(NC(=O)N3CCC(C(=O)c4ccc5c(c4)NC(=O)C(C)O5)CC3)C2)c1. The highest BCUT2D eigenvalue weighted by Gasteiger charge is 2.31. The predicted octanol–water partition coefficient (Wildman–Crippen LogP) is 3.30. The van der Waals surface area contributed by atoms with Gasteiger partial charge in [0.25, 0.3) is 5.91 Å². The normalized spacial score (nSPS) is 21.9. The van der Waals surface area contributed by atoms with E-state index in [4.69, 9.17) is 9.47 Å². The molecule has 190 valence electrons. The van der Waals surface area contributed by atoms with Gasteiger partial charge in [-0.2, -0.15) is 0 Å². The van der Waals surface area contributed by atoms with Gasteiger partial charge in [-0.1, -0.05) is 6.07 Å². The first-order valence-electron chi connectivity index (χ1n) is 12.5. The molecule has 3 heterocycles. The molecular formula is C27H32N4O5. The Balaban J connectivity index is 1.12. The largest absolute Gasteiger partial charge is 0.497 e. The van der Waals surface area contributed by atoms with E-state index in [1.807, 2.05) is 18.2 Å². The summed E-state index contributed by atoms with van der Waals surface area (Å²) in [5.41, 5.74) is 2.17. The summed E-state index contributed by atoms with van der Waals surface area (Å²) in [4.78, 5) is 42.0. The molecule has 3 aliphatic rings. The quantitative estimate of drug-likeness (QED) is 0.622. The molecule has 9 nitrogen and oxygen atoms in total. The van der Waals surface area contributed by atoms with Gasteiger partial charge in [-0.15, -0.1) is 0 Å². The summed E-state index contributed by atoms with van der Waals surface area (Å²) in [5.74, 6) is 1.06. The first-order valence-corrected chi connectivity index (χ1v) is 12.5. The summed E-state index contributed by atoms with van der Waals surface area (Å²) in [6.45, 7) is 4.39. The number of ketones is 1. The van der Waals surface area contributed by atoms with Crippen molar-refractivity contribution in [3.63, 3.8) is 0 Å². The number of urea groups is 1. The second kappa shape index (κ2) is 10.1. The Morgan fingerprint density at radius 1 is 1.08 bits per heavy atom. The van der Waals surface area contributed by atoms with E-state index >= 15 is 0 Å². The smallest absolute Gasteiger partial charge is 0.317 e. The van der Waals surface area contributed by atoms with Crippen molar-refractivity contribution >= 4 is 29.1 Å². The van der Waals surface area contributed by atoms with Crippen LogP contribution in [0, 0.1) is 5.92 Å². The fraction of sp³-hybridized carbons (Fsp3) is 0.444. The van der Waals surface area contributed by atoms with Crippen LogP contribution in [-0.4, -0.2) is 68.1 Å². The third kappa shape index (κ3) is 4.96. The zero-order chi connectivity index (χ0) is 25.2. The monoisotopic (exact) mass is 492 g/mol. The van der Waals surface area contributed by atoms with Crippen molar-refractivity contribution in [1.82, 2.24) is 10.2 Å². The third-order valence-corrected chi connectivity index (χ3v) is 7.28. The van der Waals surface area contributed by atoms with Crippen LogP contribution >= 0.6 is 0 Å². The lowest BCUT2D eigenvalue weighted by Crippen LogP contribution is -2.49. The summed E-state index contributed by atoms with van der Waals surface area (Å²) in [7, 11) is 1.66. The second-order valence-corrected chi connectivity index (χ2v) is 9.67. The van der Waals surface area contributed by atoms with Crippen LogP contribution in [0.5, 0.6) is 11.5 Å². The number of Topliss-reactive ketones (excluding diaryl/α,β-unsaturated/α-hetero) is 1. The lowest BCUT2D eigenvalue weighted by atomic mass is 9.88. The van der Waals surface area contributed by atoms with Gasteiger partial charge in [0.05, 0.1) is 12.8 Å². The average Bonchev–Trinajstić information content (AvgIpc) is 3.37. The van der Waals surface area contributed by atoms with Gasteiger partial charge in [0.2, 0.25) is 0 Å². The number of piperidine rings is 1. The van der Waals surface area contributed by atoms with Crippen molar-refractivity contribution < 1.29 is 23.9 Å². The Bertz CT molecular complexity index is 1160. The first kappa shape index (κ1) is 24.0. The fourth-order valence-electron chi connectivity index (χ4n) is 5.13. The molecule has 2 unspecified atom stereocenters. The molecule has 9 heteroatoms. The van der Waals surface area contributed by atoms with Crippen molar-refractivity contribution in [3.8, 4) is 11.5 Å². The van der Waals surface area contributed by atoms with Crippen LogP contribution in [0.25, 0.3) is 0 Å². The number of anilines is 2. The molecule has 36 heavy (non-hydrogen) atoms. The lowest BCUT2D eigenvalue weighted by molar-refractivity contribution is -0.122. The van der Waals surface area contributed by atoms with Crippen LogP contribution in [-0.2, 0) is 4.79 Å². The highest BCUT2D eigenvalue weighted by atomic mass is 16.5. The summed E-state index contributed by atoms with van der Waals surface area (Å²) in [5, 5.41) is 5.97. The summed E-state index contributed by atoms with van der Waals surface area (Å²) in [6.07, 6.45) is 1.56. The number of likely N-dealkylation sites (tertiary alicyclic amines) is 1. The lowest BCUT2D eigenvalue weighted by Gasteiger charge is -2.32. The molecule has 3 aliphatic heterocycles. The molecule has 2 N–H and O–H groups in total. The molecule has 5 rings (SSSR count). The van der Waals surface area contributed by atoms with E-state index in [9.17, 15) is 14.4 Å². The summed E-state index contributed by atoms with van der Waals surface area (Å²) >= 11 is 0. The number of rotatable bonds is 5. The van der Waals surface area contributed by atoms with Gasteiger partial charge < -0.3 is 29.9 Å². The topological polar surface area (TPSA) is 100 Å². The van der Waals surface area contributed by atoms with Crippen LogP contribution in [0.15, 0.2) is 42.5 Å². The molecule has 2 saturated heterocycles. The zero-order valence-corrected chi connectivity index (χ0v) is 20.7. The van der Waals surface area contributed by atoms with E-state index in [0.717, 1.165) is 30.9 Å². The minimum atomic E-state index is -0.552. The maximum absolute atomic E-state index is 13.1. The minimum Gasteiger partial charge on any atom is -0.497 e. The second-order valence-electron chi connectivity index (χ2n) is 9.67. The Kier molecular flexibility index (Phi) is 6.71. The Morgan fingerprint density at radius 3 is 2.67 bits per heavy atom. The van der Waals surface area contributed by atoms with E-state index in [1.54, 1.807) is 37.1 Å². The molecule has 0 aromatic heterocycles. The molecule has 0 aliphatic carbocycles. The van der Waals surface area contributed by atoms with Crippen molar-refractivity contribution in [2.24, 2.45) is 5.92 Å². The summed E-state index contributed by atoms with van der Waals surface area (Å²) < 4.78 is 10.9. The van der Waals surface area contributed by atoms with E-state index < -0.39 is 6.10 Å². The van der Waals surface area contributed by atoms with Crippen molar-refractivity contribution in [2.45, 2.75) is 38.3 Å². The van der Waals surface area contributed by atoms with Gasteiger partial charge in [0.15, 0.2) is 11.9 Å². The number of nitrogens with one attached hydrogen (secondary N) is 2. The molecule has 2 fully saturated rings. The van der Waals surface area contributed by atoms with E-state index in [2.05, 4.69) is 21.6 Å². The standard InChI is InChI=1S/C27H32N4O5/c1-17-26(33)29-23-14-19(6-7-24(23)36-17)25(32)18-8-11-30(12-9-18)27(34)28-20-10-13-31(16-20)21-4-3-5-22(15-21)35-2/h3-7,14-15,17-18,20H,8-13,16H2,1-2H3,(H,28,34)(H,29,33). The maximum Gasteiger partial charge on any atom is 0.317 e. The number of amides is 3. The van der Waals surface area contributed by atoms with E-state index in [-0.39, 0.29) is 29.7 Å². The molecule has 3 amide bonds. The van der Waals surface area contributed by atoms with Crippen molar-refractivity contribution in [1.29, 1.82) is 0 Å². The van der Waals surface area contributed by atoms with Gasteiger partial charge >= 0.3 is 6.03 Å². The van der Waals surface area contributed by atoms with E-state index in [1.165, 1.54) is 0 Å². The zero-order valence-electron chi connectivity index (χ0n) is 20.7.